The number of carbonyl (C=O) groups excluding carboxylic acids is 1. The zero-order valence-corrected chi connectivity index (χ0v) is 15.8. The lowest BCUT2D eigenvalue weighted by Gasteiger charge is -2.05. The lowest BCUT2D eigenvalue weighted by molar-refractivity contribution is 0.102. The van der Waals surface area contributed by atoms with Crippen LogP contribution in [0.3, 0.4) is 0 Å². The number of aryl methyl sites for hydroxylation is 2. The van der Waals surface area contributed by atoms with Crippen LogP contribution in [0.4, 0.5) is 0 Å². The minimum Gasteiger partial charge on any atom is -0.416 e. The van der Waals surface area contributed by atoms with Crippen LogP contribution in [0, 0.1) is 19.8 Å². The van der Waals surface area contributed by atoms with E-state index in [1.54, 1.807) is 0 Å². The Morgan fingerprint density at radius 1 is 1.32 bits per heavy atom. The number of carbonyl (C=O) groups is 1. The third kappa shape index (κ3) is 4.70. The van der Waals surface area contributed by atoms with Gasteiger partial charge in [0.1, 0.15) is 0 Å². The molecule has 0 saturated carbocycles. The van der Waals surface area contributed by atoms with E-state index in [1.165, 1.54) is 11.8 Å². The number of hydrogen-bond donors (Lipinski definition) is 0. The SMILES string of the molecule is Cc1ccc(C)c(C(=O)CSc2nnc(C[C@H]3CCS(=O)(=O)C3)o2)c1. The van der Waals surface area contributed by atoms with Gasteiger partial charge in [0.15, 0.2) is 15.6 Å². The van der Waals surface area contributed by atoms with Crippen LogP contribution in [-0.4, -0.2) is 41.7 Å². The van der Waals surface area contributed by atoms with E-state index < -0.39 is 9.84 Å². The molecule has 1 saturated heterocycles. The van der Waals surface area contributed by atoms with Crippen molar-refractivity contribution in [3.05, 3.63) is 40.8 Å². The first-order valence-electron chi connectivity index (χ1n) is 8.08. The first-order chi connectivity index (χ1) is 11.8. The fourth-order valence-corrected chi connectivity index (χ4v) is 5.43. The van der Waals surface area contributed by atoms with Crippen LogP contribution in [0.1, 0.15) is 33.8 Å². The minimum absolute atomic E-state index is 0.0211. The summed E-state index contributed by atoms with van der Waals surface area (Å²) in [6, 6.07) is 5.80. The third-order valence-electron chi connectivity index (χ3n) is 4.26. The van der Waals surface area contributed by atoms with Gasteiger partial charge in [0.05, 0.1) is 17.3 Å². The number of aromatic nitrogens is 2. The summed E-state index contributed by atoms with van der Waals surface area (Å²) in [6.07, 6.45) is 1.11. The highest BCUT2D eigenvalue weighted by molar-refractivity contribution is 7.99. The molecule has 25 heavy (non-hydrogen) atoms. The molecule has 2 heterocycles. The zero-order valence-electron chi connectivity index (χ0n) is 14.2. The second-order valence-electron chi connectivity index (χ2n) is 6.47. The van der Waals surface area contributed by atoms with Gasteiger partial charge in [0.2, 0.25) is 5.89 Å². The van der Waals surface area contributed by atoms with Gasteiger partial charge in [-0.05, 0) is 37.8 Å². The van der Waals surface area contributed by atoms with Crippen LogP contribution in [-0.2, 0) is 16.3 Å². The summed E-state index contributed by atoms with van der Waals surface area (Å²) in [4.78, 5) is 12.4. The van der Waals surface area contributed by atoms with Gasteiger partial charge in [-0.2, -0.15) is 0 Å². The smallest absolute Gasteiger partial charge is 0.277 e. The van der Waals surface area contributed by atoms with Gasteiger partial charge in [-0.25, -0.2) is 8.42 Å². The molecule has 0 spiro atoms. The zero-order chi connectivity index (χ0) is 18.0. The Kier molecular flexibility index (Phi) is 5.29. The Balaban J connectivity index is 1.57. The summed E-state index contributed by atoms with van der Waals surface area (Å²) in [7, 11) is -2.91. The molecule has 0 radical (unpaired) electrons. The van der Waals surface area contributed by atoms with Gasteiger partial charge in [0, 0.05) is 12.0 Å². The number of Topliss-reactive ketones (excluding diaryl/α,β-unsaturated/α-hetero) is 1. The van der Waals surface area contributed by atoms with Gasteiger partial charge in [-0.3, -0.25) is 4.79 Å². The molecule has 0 bridgehead atoms. The summed E-state index contributed by atoms with van der Waals surface area (Å²) in [5, 5.41) is 8.25. The lowest BCUT2D eigenvalue weighted by atomic mass is 10.0. The number of nitrogens with zero attached hydrogens (tertiary/aromatic N) is 2. The molecule has 0 amide bonds. The Morgan fingerprint density at radius 3 is 2.84 bits per heavy atom. The van der Waals surface area contributed by atoms with Gasteiger partial charge >= 0.3 is 0 Å². The predicted octanol–water partition coefficient (Wildman–Crippen LogP) is 2.64. The van der Waals surface area contributed by atoms with Crippen molar-refractivity contribution in [3.63, 3.8) is 0 Å². The predicted molar refractivity (Wildman–Crippen MR) is 95.7 cm³/mol. The highest BCUT2D eigenvalue weighted by atomic mass is 32.2. The van der Waals surface area contributed by atoms with Crippen LogP contribution >= 0.6 is 11.8 Å². The van der Waals surface area contributed by atoms with Crippen molar-refractivity contribution in [2.24, 2.45) is 5.92 Å². The van der Waals surface area contributed by atoms with Gasteiger partial charge < -0.3 is 4.42 Å². The average molecular weight is 380 g/mol. The Hall–Kier alpha value is -1.67. The fraction of sp³-hybridized carbons (Fsp3) is 0.471. The average Bonchev–Trinajstić information content (AvgIpc) is 3.13. The van der Waals surface area contributed by atoms with E-state index in [4.69, 9.17) is 4.42 Å². The number of benzene rings is 1. The summed E-state index contributed by atoms with van der Waals surface area (Å²) < 4.78 is 28.5. The van der Waals surface area contributed by atoms with Crippen LogP contribution in [0.2, 0.25) is 0 Å². The molecule has 2 aromatic rings. The maximum absolute atomic E-state index is 12.4. The van der Waals surface area contributed by atoms with E-state index in [-0.39, 0.29) is 29.0 Å². The van der Waals surface area contributed by atoms with Crippen molar-refractivity contribution in [2.75, 3.05) is 17.3 Å². The molecule has 0 unspecified atom stereocenters. The number of sulfone groups is 1. The molecule has 1 aromatic heterocycles. The first-order valence-corrected chi connectivity index (χ1v) is 10.9. The monoisotopic (exact) mass is 380 g/mol. The molecule has 134 valence electrons. The maximum Gasteiger partial charge on any atom is 0.277 e. The number of rotatable bonds is 6. The number of ketones is 1. The van der Waals surface area contributed by atoms with E-state index in [0.717, 1.165) is 11.1 Å². The molecular formula is C17H20N2O4S2. The van der Waals surface area contributed by atoms with E-state index in [0.29, 0.717) is 29.5 Å². The lowest BCUT2D eigenvalue weighted by Crippen LogP contribution is -2.07. The molecule has 1 atom stereocenters. The van der Waals surface area contributed by atoms with Crippen LogP contribution in [0.15, 0.2) is 27.8 Å². The van der Waals surface area contributed by atoms with Crippen molar-refractivity contribution in [1.82, 2.24) is 10.2 Å². The first kappa shape index (κ1) is 18.1. The third-order valence-corrected chi connectivity index (χ3v) is 6.91. The van der Waals surface area contributed by atoms with Crippen LogP contribution in [0.5, 0.6) is 0 Å². The Morgan fingerprint density at radius 2 is 2.12 bits per heavy atom. The summed E-state index contributed by atoms with van der Waals surface area (Å²) in [6.45, 7) is 3.87. The number of hydrogen-bond acceptors (Lipinski definition) is 7. The van der Waals surface area contributed by atoms with Gasteiger partial charge in [0.25, 0.3) is 5.22 Å². The fourth-order valence-electron chi connectivity index (χ4n) is 2.90. The van der Waals surface area contributed by atoms with E-state index in [1.807, 2.05) is 32.0 Å². The van der Waals surface area contributed by atoms with Gasteiger partial charge in [-0.1, -0.05) is 29.5 Å². The van der Waals surface area contributed by atoms with Crippen molar-refractivity contribution < 1.29 is 17.6 Å². The summed E-state index contributed by atoms with van der Waals surface area (Å²) in [5.74, 6) is 1.14. The molecule has 1 aromatic carbocycles. The Labute approximate surface area is 151 Å². The molecule has 0 aliphatic carbocycles. The number of thioether (sulfide) groups is 1. The van der Waals surface area contributed by atoms with E-state index in [9.17, 15) is 13.2 Å². The molecule has 1 aliphatic heterocycles. The highest BCUT2D eigenvalue weighted by Gasteiger charge is 2.29. The minimum atomic E-state index is -2.91. The second-order valence-corrected chi connectivity index (χ2v) is 9.62. The molecule has 1 fully saturated rings. The van der Waals surface area contributed by atoms with Crippen LogP contribution < -0.4 is 0 Å². The largest absolute Gasteiger partial charge is 0.416 e. The molecule has 0 N–H and O–H groups in total. The van der Waals surface area contributed by atoms with Gasteiger partial charge in [-0.15, -0.1) is 10.2 Å². The normalized spacial score (nSPS) is 19.2. The Bertz CT molecular complexity index is 890. The van der Waals surface area contributed by atoms with Crippen molar-refractivity contribution in [1.29, 1.82) is 0 Å². The molecule has 3 rings (SSSR count). The highest BCUT2D eigenvalue weighted by Crippen LogP contribution is 2.24. The van der Waals surface area contributed by atoms with Crippen molar-refractivity contribution in [2.45, 2.75) is 31.9 Å². The van der Waals surface area contributed by atoms with Crippen molar-refractivity contribution in [3.8, 4) is 0 Å². The topological polar surface area (TPSA) is 90.1 Å². The second kappa shape index (κ2) is 7.29. The summed E-state index contributed by atoms with van der Waals surface area (Å²) >= 11 is 1.21. The summed E-state index contributed by atoms with van der Waals surface area (Å²) in [5.41, 5.74) is 2.71. The standard InChI is InChI=1S/C17H20N2O4S2/c1-11-3-4-12(2)14(7-11)15(20)9-24-17-19-18-16(23-17)8-13-5-6-25(21,22)10-13/h3-4,7,13H,5-6,8-10H2,1-2H3/t13-/m1/s1. The van der Waals surface area contributed by atoms with Crippen molar-refractivity contribution >= 4 is 27.4 Å². The van der Waals surface area contributed by atoms with E-state index >= 15 is 0 Å². The molecule has 1 aliphatic rings. The maximum atomic E-state index is 12.4. The van der Waals surface area contributed by atoms with Crippen LogP contribution in [0.25, 0.3) is 0 Å². The quantitative estimate of drug-likeness (QED) is 0.562. The molecular weight excluding hydrogens is 360 g/mol. The molecule has 6 nitrogen and oxygen atoms in total. The molecule has 8 heteroatoms. The van der Waals surface area contributed by atoms with E-state index in [2.05, 4.69) is 10.2 Å².